The highest BCUT2D eigenvalue weighted by Crippen LogP contribution is 2.11. The van der Waals surface area contributed by atoms with Crippen molar-refractivity contribution in [1.29, 1.82) is 0 Å². The third-order valence-electron chi connectivity index (χ3n) is 5.13. The maximum absolute atomic E-state index is 12.9. The van der Waals surface area contributed by atoms with Crippen molar-refractivity contribution in [2.75, 3.05) is 6.61 Å². The fourth-order valence-electron chi connectivity index (χ4n) is 3.38. The van der Waals surface area contributed by atoms with E-state index in [-0.39, 0.29) is 29.6 Å². The summed E-state index contributed by atoms with van der Waals surface area (Å²) < 4.78 is 7.79. The first kappa shape index (κ1) is 23.6. The average molecular weight is 462 g/mol. The minimum Gasteiger partial charge on any atom is -0.449 e. The molecule has 0 fully saturated rings. The number of nitrogens with zero attached hydrogens (tertiary/aromatic N) is 3. The van der Waals surface area contributed by atoms with Crippen LogP contribution in [-0.4, -0.2) is 31.8 Å². The van der Waals surface area contributed by atoms with Crippen LogP contribution in [-0.2, 0) is 24.4 Å². The molecule has 2 N–H and O–H groups in total. The number of fused-ring (bicyclic) bond motifs is 1. The second-order valence-corrected chi connectivity index (χ2v) is 8.01. The molecule has 1 amide bonds. The van der Waals surface area contributed by atoms with Gasteiger partial charge in [0.05, 0.1) is 6.61 Å². The molecule has 3 rings (SSSR count). The van der Waals surface area contributed by atoms with Gasteiger partial charge in [-0.15, -0.1) is 0 Å². The Labute approximate surface area is 190 Å². The Morgan fingerprint density at radius 1 is 1.12 bits per heavy atom. The number of amides is 1. The molecule has 0 spiro atoms. The highest BCUT2D eigenvalue weighted by atomic mass is 35.5. The minimum atomic E-state index is -0.550. The number of unbranched alkanes of at least 4 members (excludes halogenated alkanes) is 2. The largest absolute Gasteiger partial charge is 0.449 e. The number of H-pyrrole nitrogens is 1. The van der Waals surface area contributed by atoms with Crippen molar-refractivity contribution in [2.45, 2.75) is 59.2 Å². The number of halogens is 1. The first-order valence-corrected chi connectivity index (χ1v) is 11.1. The molecular weight excluding hydrogens is 434 g/mol. The smallest absolute Gasteiger partial charge is 0.407 e. The van der Waals surface area contributed by atoms with Gasteiger partial charge >= 0.3 is 11.8 Å². The minimum absolute atomic E-state index is 0.0621. The third kappa shape index (κ3) is 5.79. The maximum Gasteiger partial charge on any atom is 0.407 e. The molecule has 3 aromatic rings. The summed E-state index contributed by atoms with van der Waals surface area (Å²) in [4.78, 5) is 44.4. The standard InChI is InChI=1S/C22H28ClN5O4/c1-3-4-5-11-27-18-17(25-20(23)26-18)19(29)28(22(27)31)12-6-13-32-21(30)24-14-16-9-7-15(2)8-10-16/h7-10H,3-6,11-14H2,1-2H3,(H,24,30)(H,25,26). The molecule has 0 aliphatic rings. The van der Waals surface area contributed by atoms with Gasteiger partial charge in [-0.3, -0.25) is 13.9 Å². The van der Waals surface area contributed by atoms with Crippen LogP contribution >= 0.6 is 11.6 Å². The van der Waals surface area contributed by atoms with E-state index in [1.807, 2.05) is 31.2 Å². The second kappa shape index (κ2) is 11.0. The molecule has 2 aromatic heterocycles. The van der Waals surface area contributed by atoms with Crippen molar-refractivity contribution in [3.63, 3.8) is 0 Å². The Kier molecular flexibility index (Phi) is 8.10. The first-order chi connectivity index (χ1) is 15.4. The molecule has 172 valence electrons. The number of nitrogens with one attached hydrogen (secondary N) is 2. The SMILES string of the molecule is CCCCCn1c(=O)n(CCCOC(=O)NCc2ccc(C)cc2)c(=O)c2[nH]c(Cl)nc21. The van der Waals surface area contributed by atoms with Crippen LogP contribution in [0.5, 0.6) is 0 Å². The molecule has 0 saturated carbocycles. The Hall–Kier alpha value is -3.07. The lowest BCUT2D eigenvalue weighted by Gasteiger charge is -2.11. The van der Waals surface area contributed by atoms with E-state index in [1.54, 1.807) is 0 Å². The van der Waals surface area contributed by atoms with Crippen LogP contribution in [0.4, 0.5) is 4.79 Å². The topological polar surface area (TPSA) is 111 Å². The molecule has 0 unspecified atom stereocenters. The van der Waals surface area contributed by atoms with Gasteiger partial charge in [-0.05, 0) is 36.9 Å². The van der Waals surface area contributed by atoms with Crippen molar-refractivity contribution in [2.24, 2.45) is 0 Å². The Morgan fingerprint density at radius 2 is 1.84 bits per heavy atom. The molecule has 0 atom stereocenters. The van der Waals surface area contributed by atoms with Gasteiger partial charge in [0.2, 0.25) is 5.28 Å². The van der Waals surface area contributed by atoms with Gasteiger partial charge in [0.1, 0.15) is 0 Å². The van der Waals surface area contributed by atoms with E-state index in [0.29, 0.717) is 19.5 Å². The predicted molar refractivity (Wildman–Crippen MR) is 123 cm³/mol. The van der Waals surface area contributed by atoms with Crippen LogP contribution in [0.2, 0.25) is 5.28 Å². The number of hydrogen-bond donors (Lipinski definition) is 2. The van der Waals surface area contributed by atoms with Gasteiger partial charge < -0.3 is 15.0 Å². The van der Waals surface area contributed by atoms with Crippen LogP contribution in [0.3, 0.4) is 0 Å². The second-order valence-electron chi connectivity index (χ2n) is 7.65. The summed E-state index contributed by atoms with van der Waals surface area (Å²) in [6, 6.07) is 7.81. The Morgan fingerprint density at radius 3 is 2.56 bits per heavy atom. The molecular formula is C22H28ClN5O4. The zero-order valence-electron chi connectivity index (χ0n) is 18.3. The molecule has 0 bridgehead atoms. The van der Waals surface area contributed by atoms with E-state index in [4.69, 9.17) is 16.3 Å². The lowest BCUT2D eigenvalue weighted by molar-refractivity contribution is 0.142. The molecule has 0 saturated heterocycles. The summed E-state index contributed by atoms with van der Waals surface area (Å²) in [5, 5.41) is 2.74. The fourth-order valence-corrected chi connectivity index (χ4v) is 3.55. The summed E-state index contributed by atoms with van der Waals surface area (Å²) in [6.45, 7) is 5.06. The number of carbonyl (C=O) groups is 1. The van der Waals surface area contributed by atoms with Crippen molar-refractivity contribution >= 4 is 28.9 Å². The molecule has 0 radical (unpaired) electrons. The number of hydrogen-bond acceptors (Lipinski definition) is 5. The Balaban J connectivity index is 1.60. The normalized spacial score (nSPS) is 11.1. The summed E-state index contributed by atoms with van der Waals surface area (Å²) in [7, 11) is 0. The van der Waals surface area contributed by atoms with Gasteiger partial charge in [-0.1, -0.05) is 49.6 Å². The summed E-state index contributed by atoms with van der Waals surface area (Å²) in [6.07, 6.45) is 2.51. The van der Waals surface area contributed by atoms with Crippen LogP contribution in [0.25, 0.3) is 11.2 Å². The maximum atomic E-state index is 12.9. The molecule has 9 nitrogen and oxygen atoms in total. The number of ether oxygens (including phenoxy) is 1. The van der Waals surface area contributed by atoms with Crippen LogP contribution in [0.15, 0.2) is 33.9 Å². The number of aromatic nitrogens is 4. The number of aromatic amines is 1. The summed E-state index contributed by atoms with van der Waals surface area (Å²) >= 11 is 5.94. The molecule has 10 heteroatoms. The van der Waals surface area contributed by atoms with Gasteiger partial charge in [-0.2, -0.15) is 4.98 Å². The monoisotopic (exact) mass is 461 g/mol. The van der Waals surface area contributed by atoms with Crippen LogP contribution < -0.4 is 16.6 Å². The number of aryl methyl sites for hydroxylation is 2. The molecule has 1 aromatic carbocycles. The van der Waals surface area contributed by atoms with Gasteiger partial charge in [0.15, 0.2) is 11.2 Å². The highest BCUT2D eigenvalue weighted by Gasteiger charge is 2.16. The van der Waals surface area contributed by atoms with E-state index in [2.05, 4.69) is 22.2 Å². The predicted octanol–water partition coefficient (Wildman–Crippen LogP) is 3.35. The van der Waals surface area contributed by atoms with E-state index in [0.717, 1.165) is 35.0 Å². The van der Waals surface area contributed by atoms with E-state index >= 15 is 0 Å². The van der Waals surface area contributed by atoms with Crippen LogP contribution in [0, 0.1) is 6.92 Å². The van der Waals surface area contributed by atoms with Gasteiger partial charge in [-0.25, -0.2) is 9.59 Å². The van der Waals surface area contributed by atoms with Gasteiger partial charge in [0, 0.05) is 19.6 Å². The lowest BCUT2D eigenvalue weighted by Crippen LogP contribution is -2.40. The molecule has 2 heterocycles. The number of alkyl carbamates (subject to hydrolysis) is 1. The lowest BCUT2D eigenvalue weighted by atomic mass is 10.1. The molecule has 0 aliphatic heterocycles. The number of imidazole rings is 1. The van der Waals surface area contributed by atoms with Crippen molar-refractivity contribution in [3.8, 4) is 0 Å². The zero-order valence-corrected chi connectivity index (χ0v) is 19.1. The van der Waals surface area contributed by atoms with Crippen molar-refractivity contribution in [1.82, 2.24) is 24.4 Å². The fraction of sp³-hybridized carbons (Fsp3) is 0.455. The first-order valence-electron chi connectivity index (χ1n) is 10.8. The Bertz CT molecular complexity index is 1180. The van der Waals surface area contributed by atoms with E-state index in [1.165, 1.54) is 4.57 Å². The molecule has 0 aliphatic carbocycles. The number of benzene rings is 1. The van der Waals surface area contributed by atoms with Crippen LogP contribution in [0.1, 0.15) is 43.7 Å². The van der Waals surface area contributed by atoms with E-state index in [9.17, 15) is 14.4 Å². The number of rotatable bonds is 10. The van der Waals surface area contributed by atoms with Gasteiger partial charge in [0.25, 0.3) is 5.56 Å². The third-order valence-corrected chi connectivity index (χ3v) is 5.31. The number of carbonyl (C=O) groups excluding carboxylic acids is 1. The summed E-state index contributed by atoms with van der Waals surface area (Å²) in [5.41, 5.74) is 1.65. The van der Waals surface area contributed by atoms with Crippen molar-refractivity contribution in [3.05, 3.63) is 61.5 Å². The van der Waals surface area contributed by atoms with E-state index < -0.39 is 17.3 Å². The summed E-state index contributed by atoms with van der Waals surface area (Å²) in [5.74, 6) is 0. The quantitative estimate of drug-likeness (QED) is 0.355. The highest BCUT2D eigenvalue weighted by molar-refractivity contribution is 6.28. The average Bonchev–Trinajstić information content (AvgIpc) is 3.16. The van der Waals surface area contributed by atoms with Crippen molar-refractivity contribution < 1.29 is 9.53 Å². The zero-order chi connectivity index (χ0) is 23.1. The molecule has 32 heavy (non-hydrogen) atoms.